The van der Waals surface area contributed by atoms with Crippen molar-refractivity contribution in [3.8, 4) is 23.1 Å². The first-order valence-electron chi connectivity index (χ1n) is 8.35. The van der Waals surface area contributed by atoms with Crippen LogP contribution in [0.4, 0.5) is 13.2 Å². The number of nitriles is 1. The highest BCUT2D eigenvalue weighted by atomic mass is 19.1. The van der Waals surface area contributed by atoms with Gasteiger partial charge in [-0.2, -0.15) is 5.26 Å². The summed E-state index contributed by atoms with van der Waals surface area (Å²) in [6, 6.07) is 10.3. The van der Waals surface area contributed by atoms with Crippen molar-refractivity contribution >= 4 is 5.97 Å². The van der Waals surface area contributed by atoms with Crippen LogP contribution in [0.1, 0.15) is 16.7 Å². The molecule has 146 valence electrons. The minimum Gasteiger partial charge on any atom is -0.481 e. The van der Waals surface area contributed by atoms with Gasteiger partial charge in [-0.15, -0.1) is 0 Å². The quantitative estimate of drug-likeness (QED) is 0.671. The first-order chi connectivity index (χ1) is 13.9. The Morgan fingerprint density at radius 2 is 1.79 bits per heavy atom. The number of aliphatic carboxylic acids is 1. The van der Waals surface area contributed by atoms with Crippen LogP contribution >= 0.6 is 0 Å². The number of benzene rings is 2. The lowest BCUT2D eigenvalue weighted by Gasteiger charge is -2.12. The summed E-state index contributed by atoms with van der Waals surface area (Å²) in [4.78, 5) is 14.8. The third kappa shape index (κ3) is 4.52. The van der Waals surface area contributed by atoms with E-state index in [1.165, 1.54) is 30.5 Å². The topological polar surface area (TPSA) is 83.2 Å². The summed E-state index contributed by atoms with van der Waals surface area (Å²) in [5, 5.41) is 17.6. The van der Waals surface area contributed by atoms with Crippen LogP contribution in [0.5, 0.6) is 5.88 Å². The number of carbonyl (C=O) groups is 1. The number of pyridine rings is 1. The number of hydrogen-bond donors (Lipinski definition) is 1. The van der Waals surface area contributed by atoms with Crippen molar-refractivity contribution in [3.63, 3.8) is 0 Å². The molecule has 8 heteroatoms. The zero-order valence-electron chi connectivity index (χ0n) is 14.8. The van der Waals surface area contributed by atoms with Crippen LogP contribution in [0.2, 0.25) is 0 Å². The van der Waals surface area contributed by atoms with Crippen molar-refractivity contribution in [1.82, 2.24) is 4.98 Å². The van der Waals surface area contributed by atoms with E-state index >= 15 is 0 Å². The van der Waals surface area contributed by atoms with Gasteiger partial charge in [-0.1, -0.05) is 6.07 Å². The number of hydrogen-bond acceptors (Lipinski definition) is 4. The van der Waals surface area contributed by atoms with Gasteiger partial charge in [0.25, 0.3) is 0 Å². The predicted octanol–water partition coefficient (Wildman–Crippen LogP) is 4.24. The summed E-state index contributed by atoms with van der Waals surface area (Å²) >= 11 is 0. The zero-order valence-corrected chi connectivity index (χ0v) is 14.8. The molecule has 1 aromatic heterocycles. The van der Waals surface area contributed by atoms with Crippen LogP contribution in [0.25, 0.3) is 11.1 Å². The number of nitrogens with zero attached hydrogens (tertiary/aromatic N) is 2. The third-order valence-electron chi connectivity index (χ3n) is 4.09. The molecular formula is C21H13F3N2O3. The number of ether oxygens (including phenoxy) is 1. The van der Waals surface area contributed by atoms with Gasteiger partial charge in [0.1, 0.15) is 24.1 Å². The molecule has 0 aliphatic carbocycles. The maximum Gasteiger partial charge on any atom is 0.307 e. The molecule has 0 fully saturated rings. The number of carboxylic acids is 1. The van der Waals surface area contributed by atoms with Crippen molar-refractivity contribution in [3.05, 3.63) is 82.8 Å². The van der Waals surface area contributed by atoms with Gasteiger partial charge in [0.15, 0.2) is 0 Å². The Balaban J connectivity index is 1.91. The van der Waals surface area contributed by atoms with E-state index < -0.39 is 29.8 Å². The average Bonchev–Trinajstić information content (AvgIpc) is 2.69. The molecule has 0 aliphatic heterocycles. The molecule has 0 aliphatic rings. The molecule has 3 aromatic rings. The average molecular weight is 398 g/mol. The van der Waals surface area contributed by atoms with Crippen molar-refractivity contribution in [2.75, 3.05) is 0 Å². The minimum atomic E-state index is -1.29. The molecule has 0 atom stereocenters. The molecule has 5 nitrogen and oxygen atoms in total. The number of rotatable bonds is 6. The second-order valence-electron chi connectivity index (χ2n) is 6.06. The standard InChI is InChI=1S/C21H13F3N2O3/c22-17-6-12(10-25)3-4-13(17)11-29-21-15(2-1-5-26-21)16-9-18(23)14(7-19(16)24)8-20(27)28/h1-7,9H,8,11H2,(H,27,28). The fourth-order valence-electron chi connectivity index (χ4n) is 2.68. The van der Waals surface area contributed by atoms with Crippen LogP contribution in [0, 0.1) is 28.8 Å². The first kappa shape index (κ1) is 19.9. The Bertz CT molecular complexity index is 1130. The lowest BCUT2D eigenvalue weighted by atomic mass is 10.0. The molecule has 1 heterocycles. The molecule has 0 amide bonds. The van der Waals surface area contributed by atoms with E-state index in [9.17, 15) is 18.0 Å². The van der Waals surface area contributed by atoms with Gasteiger partial charge >= 0.3 is 5.97 Å². The van der Waals surface area contributed by atoms with Crippen LogP contribution in [0.15, 0.2) is 48.7 Å². The largest absolute Gasteiger partial charge is 0.481 e. The molecule has 0 spiro atoms. The van der Waals surface area contributed by atoms with Gasteiger partial charge in [-0.05, 0) is 36.4 Å². The monoisotopic (exact) mass is 398 g/mol. The van der Waals surface area contributed by atoms with Crippen LogP contribution in [-0.2, 0) is 17.8 Å². The smallest absolute Gasteiger partial charge is 0.307 e. The molecule has 1 N–H and O–H groups in total. The van der Waals surface area contributed by atoms with E-state index in [1.54, 1.807) is 0 Å². The number of aromatic nitrogens is 1. The van der Waals surface area contributed by atoms with E-state index in [0.717, 1.165) is 18.2 Å². The summed E-state index contributed by atoms with van der Waals surface area (Å²) in [5.74, 6) is -3.70. The fraction of sp³-hybridized carbons (Fsp3) is 0.0952. The van der Waals surface area contributed by atoms with Gasteiger partial charge in [0, 0.05) is 28.5 Å². The van der Waals surface area contributed by atoms with E-state index in [4.69, 9.17) is 15.1 Å². The van der Waals surface area contributed by atoms with Crippen molar-refractivity contribution < 1.29 is 27.8 Å². The van der Waals surface area contributed by atoms with E-state index in [-0.39, 0.29) is 40.3 Å². The summed E-state index contributed by atoms with van der Waals surface area (Å²) in [5.41, 5.74) is -0.0162. The second kappa shape index (κ2) is 8.44. The Labute approximate surface area is 163 Å². The zero-order chi connectivity index (χ0) is 21.0. The summed E-state index contributed by atoms with van der Waals surface area (Å²) in [7, 11) is 0. The van der Waals surface area contributed by atoms with E-state index in [2.05, 4.69) is 4.98 Å². The molecule has 0 saturated heterocycles. The molecule has 29 heavy (non-hydrogen) atoms. The Morgan fingerprint density at radius 3 is 2.48 bits per heavy atom. The molecular weight excluding hydrogens is 385 g/mol. The number of halogens is 3. The van der Waals surface area contributed by atoms with Gasteiger partial charge in [0.2, 0.25) is 5.88 Å². The van der Waals surface area contributed by atoms with Crippen molar-refractivity contribution in [2.45, 2.75) is 13.0 Å². The van der Waals surface area contributed by atoms with Crippen LogP contribution in [0.3, 0.4) is 0 Å². The maximum absolute atomic E-state index is 14.5. The fourth-order valence-corrected chi connectivity index (χ4v) is 2.68. The molecule has 0 unspecified atom stereocenters. The Kier molecular flexibility index (Phi) is 5.79. The second-order valence-corrected chi connectivity index (χ2v) is 6.06. The van der Waals surface area contributed by atoms with Gasteiger partial charge < -0.3 is 9.84 Å². The van der Waals surface area contributed by atoms with E-state index in [0.29, 0.717) is 0 Å². The van der Waals surface area contributed by atoms with Crippen LogP contribution in [-0.4, -0.2) is 16.1 Å². The third-order valence-corrected chi connectivity index (χ3v) is 4.09. The van der Waals surface area contributed by atoms with Gasteiger partial charge in [0.05, 0.1) is 18.1 Å². The Morgan fingerprint density at radius 1 is 1.03 bits per heavy atom. The summed E-state index contributed by atoms with van der Waals surface area (Å²) < 4.78 is 48.3. The SMILES string of the molecule is N#Cc1ccc(COc2ncccc2-c2cc(F)c(CC(=O)O)cc2F)c(F)c1. The lowest BCUT2D eigenvalue weighted by molar-refractivity contribution is -0.136. The highest BCUT2D eigenvalue weighted by Gasteiger charge is 2.17. The van der Waals surface area contributed by atoms with E-state index in [1.807, 2.05) is 6.07 Å². The van der Waals surface area contributed by atoms with Crippen molar-refractivity contribution in [1.29, 1.82) is 5.26 Å². The lowest BCUT2D eigenvalue weighted by Crippen LogP contribution is -2.05. The normalized spacial score (nSPS) is 10.4. The highest BCUT2D eigenvalue weighted by molar-refractivity contribution is 5.73. The molecule has 0 saturated carbocycles. The van der Waals surface area contributed by atoms with Gasteiger partial charge in [-0.3, -0.25) is 4.79 Å². The molecule has 3 rings (SSSR count). The van der Waals surface area contributed by atoms with Crippen LogP contribution < -0.4 is 4.74 Å². The summed E-state index contributed by atoms with van der Waals surface area (Å²) in [6.07, 6.45) is 0.721. The highest BCUT2D eigenvalue weighted by Crippen LogP contribution is 2.32. The molecule has 2 aromatic carbocycles. The van der Waals surface area contributed by atoms with Crippen molar-refractivity contribution in [2.24, 2.45) is 0 Å². The minimum absolute atomic E-state index is 0.0551. The maximum atomic E-state index is 14.5. The molecule has 0 bridgehead atoms. The summed E-state index contributed by atoms with van der Waals surface area (Å²) in [6.45, 7) is -0.247. The first-order valence-corrected chi connectivity index (χ1v) is 8.35. The Hall–Kier alpha value is -3.86. The predicted molar refractivity (Wildman–Crippen MR) is 96.4 cm³/mol. The molecule has 0 radical (unpaired) electrons. The van der Waals surface area contributed by atoms with Gasteiger partial charge in [-0.25, -0.2) is 18.2 Å². The number of carboxylic acid groups (broad SMARTS) is 1.